The number of hydrogen-bond acceptors (Lipinski definition) is 3. The number of rotatable bonds is 5. The van der Waals surface area contributed by atoms with E-state index < -0.39 is 0 Å². The van der Waals surface area contributed by atoms with Crippen LogP contribution in [0.3, 0.4) is 0 Å². The minimum absolute atomic E-state index is 0.0384. The summed E-state index contributed by atoms with van der Waals surface area (Å²) in [6.07, 6.45) is 0. The molecule has 7 heteroatoms. The van der Waals surface area contributed by atoms with E-state index in [-0.39, 0.29) is 11.9 Å². The third-order valence-electron chi connectivity index (χ3n) is 5.59. The summed E-state index contributed by atoms with van der Waals surface area (Å²) in [5.41, 5.74) is 2.00. The van der Waals surface area contributed by atoms with Gasteiger partial charge in [0, 0.05) is 16.3 Å². The average molecular weight is 404 g/mol. The van der Waals surface area contributed by atoms with Crippen LogP contribution >= 0.6 is 11.6 Å². The largest absolute Gasteiger partial charge is 0.454 e. The second-order valence-corrected chi connectivity index (χ2v) is 7.93. The number of amides is 1. The molecule has 1 atom stereocenters. The minimum Gasteiger partial charge on any atom is -0.454 e. The Bertz CT molecular complexity index is 853. The molecule has 1 fully saturated rings. The summed E-state index contributed by atoms with van der Waals surface area (Å²) in [7, 11) is 0. The van der Waals surface area contributed by atoms with Crippen LogP contribution in [0.1, 0.15) is 12.5 Å². The maximum atomic E-state index is 12.6. The third-order valence-corrected chi connectivity index (χ3v) is 5.82. The summed E-state index contributed by atoms with van der Waals surface area (Å²) < 4.78 is 10.8. The molecule has 0 unspecified atom stereocenters. The van der Waals surface area contributed by atoms with Crippen molar-refractivity contribution in [3.05, 3.63) is 53.1 Å². The fourth-order valence-electron chi connectivity index (χ4n) is 3.88. The van der Waals surface area contributed by atoms with Crippen molar-refractivity contribution in [3.63, 3.8) is 0 Å². The summed E-state index contributed by atoms with van der Waals surface area (Å²) in [6.45, 7) is 7.30. The Labute approximate surface area is 170 Å². The van der Waals surface area contributed by atoms with Crippen LogP contribution in [0.2, 0.25) is 5.02 Å². The van der Waals surface area contributed by atoms with Gasteiger partial charge >= 0.3 is 0 Å². The molecule has 2 heterocycles. The SMILES string of the molecule is C[C@@H](C(=O)Nc1cccc(Cl)c1)[NH+]1CC[NH+](Cc2ccc3c(c2)OCO3)CC1. The summed E-state index contributed by atoms with van der Waals surface area (Å²) >= 11 is 6.00. The molecule has 6 nitrogen and oxygen atoms in total. The number of piperazine rings is 1. The van der Waals surface area contributed by atoms with Crippen molar-refractivity contribution >= 4 is 23.2 Å². The summed E-state index contributed by atoms with van der Waals surface area (Å²) in [6, 6.07) is 13.4. The predicted octanol–water partition coefficient (Wildman–Crippen LogP) is 0.379. The molecule has 2 aromatic rings. The van der Waals surface area contributed by atoms with Crippen LogP contribution in [0.4, 0.5) is 5.69 Å². The van der Waals surface area contributed by atoms with Crippen molar-refractivity contribution in [1.29, 1.82) is 0 Å². The van der Waals surface area contributed by atoms with Gasteiger partial charge in [0.15, 0.2) is 17.5 Å². The average Bonchev–Trinajstić information content (AvgIpc) is 3.16. The number of nitrogens with one attached hydrogen (secondary N) is 3. The van der Waals surface area contributed by atoms with Gasteiger partial charge in [-0.2, -0.15) is 0 Å². The maximum absolute atomic E-state index is 12.6. The number of anilines is 1. The Hall–Kier alpha value is -2.28. The fourth-order valence-corrected chi connectivity index (χ4v) is 4.07. The highest BCUT2D eigenvalue weighted by Crippen LogP contribution is 2.32. The molecule has 2 aliphatic heterocycles. The normalized spacial score (nSPS) is 21.9. The lowest BCUT2D eigenvalue weighted by Crippen LogP contribution is -3.29. The topological polar surface area (TPSA) is 56.4 Å². The molecule has 0 bridgehead atoms. The Morgan fingerprint density at radius 1 is 1.11 bits per heavy atom. The molecule has 148 valence electrons. The first kappa shape index (κ1) is 19.1. The van der Waals surface area contributed by atoms with E-state index >= 15 is 0 Å². The molecule has 0 radical (unpaired) electrons. The number of quaternary nitrogens is 2. The molecule has 0 aliphatic carbocycles. The Kier molecular flexibility index (Phi) is 5.71. The van der Waals surface area contributed by atoms with E-state index in [4.69, 9.17) is 21.1 Å². The van der Waals surface area contributed by atoms with Gasteiger partial charge in [-0.15, -0.1) is 0 Å². The maximum Gasteiger partial charge on any atom is 0.282 e. The molecule has 0 spiro atoms. The standard InChI is InChI=1S/C21H24ClN3O3/c1-15(21(26)23-18-4-2-3-17(22)12-18)25-9-7-24(8-10-25)13-16-5-6-19-20(11-16)28-14-27-19/h2-6,11-12,15H,7-10,13-14H2,1H3,(H,23,26)/p+2/t15-/m0/s1. The molecular formula is C21H26ClN3O3+2. The highest BCUT2D eigenvalue weighted by molar-refractivity contribution is 6.30. The first-order valence-corrected chi connectivity index (χ1v) is 10.1. The molecule has 2 aliphatic rings. The number of ether oxygens (including phenoxy) is 2. The number of halogens is 1. The van der Waals surface area contributed by atoms with Crippen LogP contribution in [0.5, 0.6) is 11.5 Å². The van der Waals surface area contributed by atoms with Crippen LogP contribution in [0, 0.1) is 0 Å². The van der Waals surface area contributed by atoms with Gasteiger partial charge in [-0.1, -0.05) is 17.7 Å². The smallest absolute Gasteiger partial charge is 0.282 e. The van der Waals surface area contributed by atoms with Crippen LogP contribution in [-0.2, 0) is 11.3 Å². The Morgan fingerprint density at radius 3 is 2.68 bits per heavy atom. The number of carbonyl (C=O) groups is 1. The first-order chi connectivity index (χ1) is 13.6. The molecule has 3 N–H and O–H groups in total. The minimum atomic E-state index is -0.0916. The number of benzene rings is 2. The Morgan fingerprint density at radius 2 is 1.89 bits per heavy atom. The van der Waals surface area contributed by atoms with E-state index in [1.807, 2.05) is 25.1 Å². The third kappa shape index (κ3) is 4.41. The van der Waals surface area contributed by atoms with Gasteiger partial charge in [0.1, 0.15) is 32.7 Å². The van der Waals surface area contributed by atoms with Crippen molar-refractivity contribution in [2.45, 2.75) is 19.5 Å². The lowest BCUT2D eigenvalue weighted by Gasteiger charge is -2.32. The van der Waals surface area contributed by atoms with Gasteiger partial charge in [-0.05, 0) is 43.3 Å². The van der Waals surface area contributed by atoms with Crippen molar-refractivity contribution in [2.75, 3.05) is 38.3 Å². The predicted molar refractivity (Wildman–Crippen MR) is 107 cm³/mol. The first-order valence-electron chi connectivity index (χ1n) is 9.71. The Balaban J connectivity index is 1.28. The highest BCUT2D eigenvalue weighted by Gasteiger charge is 2.31. The van der Waals surface area contributed by atoms with E-state index in [9.17, 15) is 4.79 Å². The summed E-state index contributed by atoms with van der Waals surface area (Å²) in [4.78, 5) is 15.5. The highest BCUT2D eigenvalue weighted by atomic mass is 35.5. The number of carbonyl (C=O) groups excluding carboxylic acids is 1. The number of fused-ring (bicyclic) bond motifs is 1. The van der Waals surface area contributed by atoms with Gasteiger partial charge < -0.3 is 24.6 Å². The van der Waals surface area contributed by atoms with E-state index in [0.717, 1.165) is 49.9 Å². The zero-order valence-electron chi connectivity index (χ0n) is 16.0. The second kappa shape index (κ2) is 8.39. The van der Waals surface area contributed by atoms with Crippen LogP contribution in [-0.4, -0.2) is 44.9 Å². The lowest BCUT2D eigenvalue weighted by atomic mass is 10.1. The molecule has 1 amide bonds. The number of hydrogen-bond donors (Lipinski definition) is 3. The van der Waals surface area contributed by atoms with Crippen LogP contribution in [0.25, 0.3) is 0 Å². The molecule has 2 aromatic carbocycles. The fraction of sp³-hybridized carbons (Fsp3) is 0.381. The monoisotopic (exact) mass is 403 g/mol. The van der Waals surface area contributed by atoms with E-state index in [1.54, 1.807) is 12.1 Å². The van der Waals surface area contributed by atoms with Gasteiger partial charge in [0.05, 0.1) is 0 Å². The molecular weight excluding hydrogens is 378 g/mol. The molecule has 28 heavy (non-hydrogen) atoms. The lowest BCUT2D eigenvalue weighted by molar-refractivity contribution is -1.02. The zero-order chi connectivity index (χ0) is 19.5. The van der Waals surface area contributed by atoms with Crippen molar-refractivity contribution in [3.8, 4) is 11.5 Å². The quantitative estimate of drug-likeness (QED) is 0.676. The molecule has 1 saturated heterocycles. The second-order valence-electron chi connectivity index (χ2n) is 7.49. The zero-order valence-corrected chi connectivity index (χ0v) is 16.7. The van der Waals surface area contributed by atoms with Crippen LogP contribution in [0.15, 0.2) is 42.5 Å². The van der Waals surface area contributed by atoms with Crippen molar-refractivity contribution in [1.82, 2.24) is 0 Å². The van der Waals surface area contributed by atoms with Gasteiger partial charge in [-0.25, -0.2) is 0 Å². The van der Waals surface area contributed by atoms with Gasteiger partial charge in [0.25, 0.3) is 5.91 Å². The van der Waals surface area contributed by atoms with Gasteiger partial charge in [0.2, 0.25) is 6.79 Å². The van der Waals surface area contributed by atoms with Crippen molar-refractivity contribution < 1.29 is 24.1 Å². The summed E-state index contributed by atoms with van der Waals surface area (Å²) in [5, 5.41) is 3.60. The van der Waals surface area contributed by atoms with Crippen molar-refractivity contribution in [2.24, 2.45) is 0 Å². The molecule has 4 rings (SSSR count). The van der Waals surface area contributed by atoms with E-state index in [0.29, 0.717) is 11.8 Å². The van der Waals surface area contributed by atoms with E-state index in [2.05, 4.69) is 17.4 Å². The molecule has 0 aromatic heterocycles. The molecule has 0 saturated carbocycles. The summed E-state index contributed by atoms with van der Waals surface area (Å²) in [5.74, 6) is 1.71. The van der Waals surface area contributed by atoms with E-state index in [1.165, 1.54) is 15.4 Å². The van der Waals surface area contributed by atoms with Crippen LogP contribution < -0.4 is 24.6 Å². The van der Waals surface area contributed by atoms with Gasteiger partial charge in [-0.3, -0.25) is 4.79 Å².